The summed E-state index contributed by atoms with van der Waals surface area (Å²) in [7, 11) is 1.91. The lowest BCUT2D eigenvalue weighted by Crippen LogP contribution is -2.46. The second kappa shape index (κ2) is 5.77. The van der Waals surface area contributed by atoms with Crippen molar-refractivity contribution in [2.24, 2.45) is 16.9 Å². The first-order valence-electron chi connectivity index (χ1n) is 8.14. The van der Waals surface area contributed by atoms with Crippen molar-refractivity contribution >= 4 is 23.2 Å². The van der Waals surface area contributed by atoms with E-state index in [1.807, 2.05) is 32.5 Å². The van der Waals surface area contributed by atoms with Gasteiger partial charge in [0.15, 0.2) is 0 Å². The number of carbonyl (C=O) groups is 1. The fraction of sp³-hybridized carbons (Fsp3) is 0.688. The van der Waals surface area contributed by atoms with Crippen LogP contribution in [-0.4, -0.2) is 54.0 Å². The molecule has 24 heavy (non-hydrogen) atoms. The van der Waals surface area contributed by atoms with Crippen molar-refractivity contribution < 1.29 is 14.5 Å². The molecule has 1 spiro atoms. The molecule has 0 bridgehead atoms. The van der Waals surface area contributed by atoms with E-state index in [1.165, 1.54) is 4.90 Å². The molecule has 1 aromatic rings. The Bertz CT molecular complexity index is 684. The van der Waals surface area contributed by atoms with Crippen molar-refractivity contribution in [2.75, 3.05) is 13.1 Å². The molecular weight excluding hydrogens is 328 g/mol. The van der Waals surface area contributed by atoms with Crippen LogP contribution in [0.1, 0.15) is 44.9 Å². The first-order chi connectivity index (χ1) is 11.1. The number of rotatable bonds is 1. The Labute approximate surface area is 145 Å². The van der Waals surface area contributed by atoms with Crippen LogP contribution in [0, 0.1) is 5.41 Å². The molecule has 0 radical (unpaired) electrons. The van der Waals surface area contributed by atoms with Crippen molar-refractivity contribution in [1.29, 1.82) is 0 Å². The molecule has 1 fully saturated rings. The molecule has 1 aromatic heterocycles. The normalized spacial score (nSPS) is 22.9. The predicted octanol–water partition coefficient (Wildman–Crippen LogP) is 1.99. The number of amides is 1. The minimum atomic E-state index is -1.35. The average molecular weight is 352 g/mol. The van der Waals surface area contributed by atoms with Crippen LogP contribution < -0.4 is 0 Å². The van der Waals surface area contributed by atoms with Gasteiger partial charge in [0, 0.05) is 43.2 Å². The molecule has 7 nitrogen and oxygen atoms in total. The highest BCUT2D eigenvalue weighted by Crippen LogP contribution is 2.45. The lowest BCUT2D eigenvalue weighted by molar-refractivity contribution is 0.114. The van der Waals surface area contributed by atoms with Gasteiger partial charge < -0.3 is 14.6 Å². The number of hydrogen-bond acceptors (Lipinski definition) is 4. The highest BCUT2D eigenvalue weighted by molar-refractivity contribution is 7.91. The monoisotopic (exact) mass is 352 g/mol. The van der Waals surface area contributed by atoms with Crippen LogP contribution in [0.5, 0.6) is 0 Å². The van der Waals surface area contributed by atoms with Crippen molar-refractivity contribution in [3.63, 3.8) is 0 Å². The molecule has 132 valence electrons. The first-order valence-corrected chi connectivity index (χ1v) is 9.25. The van der Waals surface area contributed by atoms with E-state index in [2.05, 4.69) is 9.50 Å². The van der Waals surface area contributed by atoms with E-state index < -0.39 is 22.2 Å². The van der Waals surface area contributed by atoms with Gasteiger partial charge in [-0.15, -0.1) is 0 Å². The Morgan fingerprint density at radius 2 is 2.04 bits per heavy atom. The third kappa shape index (κ3) is 2.82. The molecule has 8 heteroatoms. The molecular formula is C16H24N4O3S. The first kappa shape index (κ1) is 17.3. The minimum absolute atomic E-state index is 0.224. The van der Waals surface area contributed by atoms with Crippen molar-refractivity contribution in [1.82, 2.24) is 14.7 Å². The maximum absolute atomic E-state index is 12.6. The molecule has 1 amide bonds. The summed E-state index contributed by atoms with van der Waals surface area (Å²) in [5.41, 5.74) is 2.70. The van der Waals surface area contributed by atoms with Crippen LogP contribution >= 0.6 is 0 Å². The molecule has 0 aromatic carbocycles. The number of nitrogens with zero attached hydrogens (tertiary/aromatic N) is 4. The smallest absolute Gasteiger partial charge is 0.407 e. The number of aryl methyl sites for hydroxylation is 1. The largest absolute Gasteiger partial charge is 0.591 e. The predicted molar refractivity (Wildman–Crippen MR) is 92.6 cm³/mol. The van der Waals surface area contributed by atoms with Gasteiger partial charge in [-0.05, 0) is 33.6 Å². The van der Waals surface area contributed by atoms with Crippen molar-refractivity contribution in [3.8, 4) is 0 Å². The third-order valence-electron chi connectivity index (χ3n) is 5.01. The van der Waals surface area contributed by atoms with E-state index in [1.54, 1.807) is 6.20 Å². The SMILES string of the molecule is Cn1ncc2c1CC1(CCN(C(=O)O)CC1)/C2=N/[S+]([O-])C(C)(C)C. The van der Waals surface area contributed by atoms with Gasteiger partial charge in [0.25, 0.3) is 0 Å². The summed E-state index contributed by atoms with van der Waals surface area (Å²) in [6, 6.07) is 0. The zero-order valence-electron chi connectivity index (χ0n) is 14.6. The molecule has 1 N–H and O–H groups in total. The summed E-state index contributed by atoms with van der Waals surface area (Å²) < 4.78 is 18.7. The van der Waals surface area contributed by atoms with E-state index in [-0.39, 0.29) is 5.41 Å². The zero-order chi connectivity index (χ0) is 17.7. The van der Waals surface area contributed by atoms with Gasteiger partial charge in [0.1, 0.15) is 21.8 Å². The molecule has 2 aliphatic rings. The highest BCUT2D eigenvalue weighted by atomic mass is 32.2. The van der Waals surface area contributed by atoms with E-state index in [0.29, 0.717) is 25.9 Å². The zero-order valence-corrected chi connectivity index (χ0v) is 15.4. The Hall–Kier alpha value is -1.54. The van der Waals surface area contributed by atoms with E-state index in [4.69, 9.17) is 0 Å². The number of likely N-dealkylation sites (tertiary alicyclic amines) is 1. The fourth-order valence-corrected chi connectivity index (χ4v) is 4.20. The Balaban J connectivity index is 1.98. The average Bonchev–Trinajstić information content (AvgIpc) is 2.98. The summed E-state index contributed by atoms with van der Waals surface area (Å²) in [6.07, 6.45) is 3.11. The second-order valence-corrected chi connectivity index (χ2v) is 9.56. The Kier molecular flexibility index (Phi) is 4.16. The lowest BCUT2D eigenvalue weighted by atomic mass is 9.75. The van der Waals surface area contributed by atoms with Gasteiger partial charge in [-0.3, -0.25) is 4.68 Å². The molecule has 1 atom stereocenters. The molecule has 1 aliphatic heterocycles. The fourth-order valence-electron chi connectivity index (χ4n) is 3.47. The van der Waals surface area contributed by atoms with Crippen LogP contribution in [-0.2, 0) is 24.8 Å². The summed E-state index contributed by atoms with van der Waals surface area (Å²) >= 11 is -1.35. The van der Waals surface area contributed by atoms with Crippen LogP contribution in [0.3, 0.4) is 0 Å². The lowest BCUT2D eigenvalue weighted by Gasteiger charge is -2.38. The molecule has 3 rings (SSSR count). The third-order valence-corrected chi connectivity index (χ3v) is 6.41. The number of fused-ring (bicyclic) bond motifs is 1. The maximum Gasteiger partial charge on any atom is 0.407 e. The molecule has 1 aliphatic carbocycles. The minimum Gasteiger partial charge on any atom is -0.591 e. The van der Waals surface area contributed by atoms with Crippen LogP contribution in [0.15, 0.2) is 10.6 Å². The standard InChI is InChI=1S/C16H24N4O3S/c1-15(2,3)24(23)18-13-11-10-17-19(4)12(11)9-16(13)5-7-20(8-6-16)14(21)22/h10H,5-9H2,1-4H3,(H,21,22)/b18-13+. The van der Waals surface area contributed by atoms with Gasteiger partial charge in [0.05, 0.1) is 6.20 Å². The van der Waals surface area contributed by atoms with Gasteiger partial charge >= 0.3 is 6.09 Å². The van der Waals surface area contributed by atoms with Gasteiger partial charge in [-0.1, -0.05) is 4.40 Å². The maximum atomic E-state index is 12.6. The number of hydrogen-bond donors (Lipinski definition) is 1. The molecule has 1 unspecified atom stereocenters. The van der Waals surface area contributed by atoms with Gasteiger partial charge in [-0.2, -0.15) is 5.10 Å². The number of piperidine rings is 1. The number of carboxylic acid groups (broad SMARTS) is 1. The molecule has 0 saturated carbocycles. The van der Waals surface area contributed by atoms with Gasteiger partial charge in [0.2, 0.25) is 0 Å². The summed E-state index contributed by atoms with van der Waals surface area (Å²) in [5, 5.41) is 13.5. The van der Waals surface area contributed by atoms with E-state index >= 15 is 0 Å². The van der Waals surface area contributed by atoms with Crippen LogP contribution in [0.25, 0.3) is 0 Å². The van der Waals surface area contributed by atoms with Crippen molar-refractivity contribution in [3.05, 3.63) is 17.5 Å². The summed E-state index contributed by atoms with van der Waals surface area (Å²) in [6.45, 7) is 6.69. The Morgan fingerprint density at radius 3 is 2.58 bits per heavy atom. The summed E-state index contributed by atoms with van der Waals surface area (Å²) in [5.74, 6) is 0. The topological polar surface area (TPSA) is 93.8 Å². The van der Waals surface area contributed by atoms with Crippen molar-refractivity contribution in [2.45, 2.75) is 44.8 Å². The van der Waals surface area contributed by atoms with Gasteiger partial charge in [-0.25, -0.2) is 4.79 Å². The summed E-state index contributed by atoms with van der Waals surface area (Å²) in [4.78, 5) is 12.7. The van der Waals surface area contributed by atoms with Crippen LogP contribution in [0.4, 0.5) is 4.79 Å². The van der Waals surface area contributed by atoms with E-state index in [0.717, 1.165) is 23.4 Å². The number of aromatic nitrogens is 2. The second-order valence-electron chi connectivity index (χ2n) is 7.66. The molecule has 2 heterocycles. The quantitative estimate of drug-likeness (QED) is 0.782. The Morgan fingerprint density at radius 1 is 1.42 bits per heavy atom. The highest BCUT2D eigenvalue weighted by Gasteiger charge is 2.49. The van der Waals surface area contributed by atoms with Crippen LogP contribution in [0.2, 0.25) is 0 Å². The van der Waals surface area contributed by atoms with E-state index in [9.17, 15) is 14.5 Å². The molecule has 1 saturated heterocycles.